The first-order chi connectivity index (χ1) is 13.2. The van der Waals surface area contributed by atoms with Crippen LogP contribution >= 0.6 is 0 Å². The van der Waals surface area contributed by atoms with Gasteiger partial charge in [0.25, 0.3) is 0 Å². The van der Waals surface area contributed by atoms with E-state index in [4.69, 9.17) is 0 Å². The molecule has 0 aromatic carbocycles. The van der Waals surface area contributed by atoms with Crippen molar-refractivity contribution in [3.05, 3.63) is 0 Å². The monoisotopic (exact) mass is 390 g/mol. The molecular weight excluding hydrogens is 352 g/mol. The molecule has 4 saturated carbocycles. The fourth-order valence-corrected chi connectivity index (χ4v) is 8.38. The van der Waals surface area contributed by atoms with E-state index in [0.717, 1.165) is 51.2 Å². The number of aldehydes is 1. The molecule has 4 heteroatoms. The molecule has 158 valence electrons. The Hall–Kier alpha value is -0.740. The molecule has 0 aromatic heterocycles. The molecule has 10 atom stereocenters. The second kappa shape index (κ2) is 7.19. The van der Waals surface area contributed by atoms with Crippen LogP contribution in [-0.2, 0) is 9.59 Å². The van der Waals surface area contributed by atoms with E-state index < -0.39 is 0 Å². The Bertz CT molecular complexity index is 632. The molecule has 4 aliphatic carbocycles. The van der Waals surface area contributed by atoms with Gasteiger partial charge in [0.05, 0.1) is 12.2 Å². The second-order valence-electron chi connectivity index (χ2n) is 11.1. The van der Waals surface area contributed by atoms with Crippen molar-refractivity contribution in [1.82, 2.24) is 0 Å². The van der Waals surface area contributed by atoms with Crippen LogP contribution in [0.2, 0.25) is 0 Å². The highest BCUT2D eigenvalue weighted by Crippen LogP contribution is 2.67. The van der Waals surface area contributed by atoms with Crippen molar-refractivity contribution in [3.8, 4) is 0 Å². The molecule has 0 bridgehead atoms. The summed E-state index contributed by atoms with van der Waals surface area (Å²) in [6, 6.07) is 0. The van der Waals surface area contributed by atoms with Crippen molar-refractivity contribution >= 4 is 12.1 Å². The standard InChI is InChI=1S/C24H38O4/c1-14(5-4-10-25)17-6-7-18-22-19(13-21(28)24(17,18)3)23(2)9-8-16(26)11-15(23)12-20(22)27/h10,14-19,21-22,26,28H,4-9,11-13H2,1-3H3/t14-,15+,16-,17-,18+,19+,21+,22+,23+,24-/m1/s1. The van der Waals surface area contributed by atoms with Crippen molar-refractivity contribution in [2.75, 3.05) is 0 Å². The molecule has 0 spiro atoms. The Labute approximate surface area is 169 Å². The summed E-state index contributed by atoms with van der Waals surface area (Å²) in [5, 5.41) is 21.6. The van der Waals surface area contributed by atoms with Crippen LogP contribution < -0.4 is 0 Å². The van der Waals surface area contributed by atoms with Crippen LogP contribution in [0.3, 0.4) is 0 Å². The topological polar surface area (TPSA) is 74.6 Å². The van der Waals surface area contributed by atoms with Gasteiger partial charge < -0.3 is 15.0 Å². The maximum atomic E-state index is 13.4. The smallest absolute Gasteiger partial charge is 0.136 e. The van der Waals surface area contributed by atoms with Gasteiger partial charge in [0.2, 0.25) is 0 Å². The van der Waals surface area contributed by atoms with Crippen LogP contribution in [0.4, 0.5) is 0 Å². The van der Waals surface area contributed by atoms with Gasteiger partial charge in [0, 0.05) is 24.2 Å². The average Bonchev–Trinajstić information content (AvgIpc) is 3.01. The molecule has 0 heterocycles. The summed E-state index contributed by atoms with van der Waals surface area (Å²) in [6.07, 6.45) is 7.80. The first kappa shape index (κ1) is 20.5. The fourth-order valence-electron chi connectivity index (χ4n) is 8.38. The third-order valence-corrected chi connectivity index (χ3v) is 10.0. The quantitative estimate of drug-likeness (QED) is 0.717. The number of aliphatic hydroxyl groups excluding tert-OH is 2. The highest BCUT2D eigenvalue weighted by molar-refractivity contribution is 5.83. The van der Waals surface area contributed by atoms with Gasteiger partial charge in [-0.3, -0.25) is 4.79 Å². The number of rotatable bonds is 4. The minimum Gasteiger partial charge on any atom is -0.393 e. The number of carbonyl (C=O) groups is 2. The summed E-state index contributed by atoms with van der Waals surface area (Å²) in [5.74, 6) is 2.05. The van der Waals surface area contributed by atoms with E-state index in [1.54, 1.807) is 0 Å². The SMILES string of the molecule is C[C@H](CCC=O)[C@H]1CC[C@H]2[C@@H]3C(=O)C[C@@H]4C[C@H](O)CC[C@]4(C)[C@H]3C[C@H](O)[C@]12C. The number of ketones is 1. The zero-order valence-corrected chi connectivity index (χ0v) is 17.8. The Balaban J connectivity index is 1.64. The molecule has 0 radical (unpaired) electrons. The molecule has 4 rings (SSSR count). The molecule has 0 amide bonds. The van der Waals surface area contributed by atoms with Gasteiger partial charge in [-0.2, -0.15) is 0 Å². The largest absolute Gasteiger partial charge is 0.393 e. The zero-order valence-electron chi connectivity index (χ0n) is 17.8. The van der Waals surface area contributed by atoms with Gasteiger partial charge in [-0.25, -0.2) is 0 Å². The first-order valence-corrected chi connectivity index (χ1v) is 11.6. The summed E-state index contributed by atoms with van der Waals surface area (Å²) in [4.78, 5) is 24.2. The van der Waals surface area contributed by atoms with E-state index in [1.807, 2.05) is 0 Å². The Morgan fingerprint density at radius 2 is 1.89 bits per heavy atom. The highest BCUT2D eigenvalue weighted by Gasteiger charge is 2.65. The van der Waals surface area contributed by atoms with Gasteiger partial charge in [0.15, 0.2) is 0 Å². The molecule has 0 aliphatic heterocycles. The van der Waals surface area contributed by atoms with Crippen LogP contribution in [0.15, 0.2) is 0 Å². The van der Waals surface area contributed by atoms with Crippen molar-refractivity contribution in [2.45, 2.75) is 90.8 Å². The molecule has 0 saturated heterocycles. The van der Waals surface area contributed by atoms with Crippen LogP contribution in [0.25, 0.3) is 0 Å². The minimum absolute atomic E-state index is 0.0708. The lowest BCUT2D eigenvalue weighted by Crippen LogP contribution is -2.61. The molecule has 0 unspecified atom stereocenters. The Kier molecular flexibility index (Phi) is 5.27. The van der Waals surface area contributed by atoms with Gasteiger partial charge in [-0.15, -0.1) is 0 Å². The van der Waals surface area contributed by atoms with E-state index >= 15 is 0 Å². The van der Waals surface area contributed by atoms with E-state index in [9.17, 15) is 19.8 Å². The number of hydrogen-bond acceptors (Lipinski definition) is 4. The van der Waals surface area contributed by atoms with Crippen LogP contribution in [0, 0.1) is 46.3 Å². The Morgan fingerprint density at radius 1 is 1.14 bits per heavy atom. The second-order valence-corrected chi connectivity index (χ2v) is 11.1. The summed E-state index contributed by atoms with van der Waals surface area (Å²) >= 11 is 0. The number of fused-ring (bicyclic) bond motifs is 5. The molecule has 28 heavy (non-hydrogen) atoms. The average molecular weight is 391 g/mol. The molecule has 2 N–H and O–H groups in total. The summed E-state index contributed by atoms with van der Waals surface area (Å²) in [7, 11) is 0. The van der Waals surface area contributed by atoms with Crippen molar-refractivity contribution < 1.29 is 19.8 Å². The normalized spacial score (nSPS) is 51.8. The van der Waals surface area contributed by atoms with E-state index in [2.05, 4.69) is 20.8 Å². The summed E-state index contributed by atoms with van der Waals surface area (Å²) < 4.78 is 0. The van der Waals surface area contributed by atoms with Gasteiger partial charge >= 0.3 is 0 Å². The van der Waals surface area contributed by atoms with Crippen molar-refractivity contribution in [1.29, 1.82) is 0 Å². The van der Waals surface area contributed by atoms with Gasteiger partial charge in [-0.1, -0.05) is 20.8 Å². The van der Waals surface area contributed by atoms with E-state index in [0.29, 0.717) is 30.5 Å². The third kappa shape index (κ3) is 2.85. The van der Waals surface area contributed by atoms with E-state index in [1.165, 1.54) is 0 Å². The number of aliphatic hydroxyl groups is 2. The van der Waals surface area contributed by atoms with Crippen molar-refractivity contribution in [2.24, 2.45) is 46.3 Å². The first-order valence-electron chi connectivity index (χ1n) is 11.6. The predicted octanol–water partition coefficient (Wildman–Crippen LogP) is 3.77. The Morgan fingerprint density at radius 3 is 2.61 bits per heavy atom. The fraction of sp³-hybridized carbons (Fsp3) is 0.917. The molecule has 4 aliphatic rings. The molecule has 4 fully saturated rings. The lowest BCUT2D eigenvalue weighted by Gasteiger charge is -2.61. The highest BCUT2D eigenvalue weighted by atomic mass is 16.3. The maximum Gasteiger partial charge on any atom is 0.136 e. The third-order valence-electron chi connectivity index (χ3n) is 10.0. The lowest BCUT2D eigenvalue weighted by molar-refractivity contribution is -0.182. The van der Waals surface area contributed by atoms with Crippen LogP contribution in [0.1, 0.15) is 78.6 Å². The number of carbonyl (C=O) groups excluding carboxylic acids is 2. The maximum absolute atomic E-state index is 13.4. The minimum atomic E-state index is -0.375. The summed E-state index contributed by atoms with van der Waals surface area (Å²) in [6.45, 7) is 6.80. The van der Waals surface area contributed by atoms with Gasteiger partial charge in [-0.05, 0) is 80.0 Å². The van der Waals surface area contributed by atoms with Crippen LogP contribution in [-0.4, -0.2) is 34.5 Å². The molecule has 0 aromatic rings. The zero-order chi connectivity index (χ0) is 20.3. The predicted molar refractivity (Wildman–Crippen MR) is 107 cm³/mol. The number of hydrogen-bond donors (Lipinski definition) is 2. The molecular formula is C24H38O4. The van der Waals surface area contributed by atoms with Crippen LogP contribution in [0.5, 0.6) is 0 Å². The number of Topliss-reactive ketones (excluding diaryl/α,β-unsaturated/α-hetero) is 1. The van der Waals surface area contributed by atoms with Crippen molar-refractivity contribution in [3.63, 3.8) is 0 Å². The lowest BCUT2D eigenvalue weighted by atomic mass is 9.43. The summed E-state index contributed by atoms with van der Waals surface area (Å²) in [5.41, 5.74) is -0.141. The molecule has 4 nitrogen and oxygen atoms in total. The van der Waals surface area contributed by atoms with E-state index in [-0.39, 0.29) is 46.7 Å². The van der Waals surface area contributed by atoms with Gasteiger partial charge in [0.1, 0.15) is 12.1 Å².